The standard InChI is InChI=1S/C26H37N3O6S/c1-7-15-27-26(31)22(8-2)28(17-20-11-9-19(3)10-12-20)25(30)18-29(36(6,32)33)23-14-13-21(34-4)16-24(23)35-5/h9-14,16,22H,7-8,15,17-18H2,1-6H3,(H,27,31)/t22-/m1/s1. The van der Waals surface area contributed by atoms with E-state index in [1.54, 1.807) is 12.1 Å². The van der Waals surface area contributed by atoms with Gasteiger partial charge in [0.2, 0.25) is 21.8 Å². The van der Waals surface area contributed by atoms with Crippen LogP contribution in [-0.4, -0.2) is 64.7 Å². The van der Waals surface area contributed by atoms with E-state index in [0.717, 1.165) is 28.1 Å². The van der Waals surface area contributed by atoms with Gasteiger partial charge in [-0.15, -0.1) is 0 Å². The molecule has 0 unspecified atom stereocenters. The fourth-order valence-corrected chi connectivity index (χ4v) is 4.61. The minimum absolute atomic E-state index is 0.161. The molecule has 0 saturated heterocycles. The molecule has 0 spiro atoms. The Bertz CT molecular complexity index is 1130. The Morgan fingerprint density at radius 1 is 1.03 bits per heavy atom. The van der Waals surface area contributed by atoms with E-state index in [1.165, 1.54) is 25.2 Å². The van der Waals surface area contributed by atoms with Gasteiger partial charge in [-0.25, -0.2) is 8.42 Å². The third kappa shape index (κ3) is 7.61. The molecule has 36 heavy (non-hydrogen) atoms. The lowest BCUT2D eigenvalue weighted by atomic mass is 10.1. The van der Waals surface area contributed by atoms with Gasteiger partial charge in [-0.1, -0.05) is 43.7 Å². The summed E-state index contributed by atoms with van der Waals surface area (Å²) < 4.78 is 37.2. The van der Waals surface area contributed by atoms with Crippen LogP contribution in [0.5, 0.6) is 11.5 Å². The van der Waals surface area contributed by atoms with Gasteiger partial charge in [-0.2, -0.15) is 0 Å². The van der Waals surface area contributed by atoms with Crippen molar-refractivity contribution in [1.82, 2.24) is 10.2 Å². The molecular formula is C26H37N3O6S. The lowest BCUT2D eigenvalue weighted by Crippen LogP contribution is -2.52. The molecule has 198 valence electrons. The fraction of sp³-hybridized carbons (Fsp3) is 0.462. The van der Waals surface area contributed by atoms with Crippen LogP contribution < -0.4 is 19.1 Å². The molecule has 2 rings (SSSR count). The Balaban J connectivity index is 2.48. The highest BCUT2D eigenvalue weighted by atomic mass is 32.2. The molecular weight excluding hydrogens is 482 g/mol. The third-order valence-corrected chi connectivity index (χ3v) is 6.87. The van der Waals surface area contributed by atoms with E-state index in [0.29, 0.717) is 18.7 Å². The Morgan fingerprint density at radius 3 is 2.22 bits per heavy atom. The van der Waals surface area contributed by atoms with Crippen LogP contribution in [0, 0.1) is 6.92 Å². The molecule has 10 heteroatoms. The number of methoxy groups -OCH3 is 2. The molecule has 0 fully saturated rings. The van der Waals surface area contributed by atoms with Gasteiger partial charge in [0, 0.05) is 19.2 Å². The molecule has 0 aliphatic carbocycles. The second kappa shape index (κ2) is 13.2. The van der Waals surface area contributed by atoms with Crippen molar-refractivity contribution in [3.05, 3.63) is 53.6 Å². The lowest BCUT2D eigenvalue weighted by Gasteiger charge is -2.33. The van der Waals surface area contributed by atoms with Crippen molar-refractivity contribution in [2.75, 3.05) is 37.9 Å². The second-order valence-corrected chi connectivity index (χ2v) is 10.4. The molecule has 9 nitrogen and oxygen atoms in total. The van der Waals surface area contributed by atoms with Gasteiger partial charge in [-0.3, -0.25) is 13.9 Å². The van der Waals surface area contributed by atoms with Crippen molar-refractivity contribution in [3.8, 4) is 11.5 Å². The molecule has 1 N–H and O–H groups in total. The van der Waals surface area contributed by atoms with E-state index >= 15 is 0 Å². The minimum atomic E-state index is -3.88. The molecule has 0 aromatic heterocycles. The zero-order valence-electron chi connectivity index (χ0n) is 21.9. The Kier molecular flexibility index (Phi) is 10.6. The molecule has 0 radical (unpaired) electrons. The van der Waals surface area contributed by atoms with Crippen molar-refractivity contribution in [2.45, 2.75) is 46.2 Å². The number of sulfonamides is 1. The molecule has 2 aromatic rings. The van der Waals surface area contributed by atoms with Crippen molar-refractivity contribution >= 4 is 27.5 Å². The number of aryl methyl sites for hydroxylation is 1. The van der Waals surface area contributed by atoms with Gasteiger partial charge in [0.05, 0.1) is 26.2 Å². The summed E-state index contributed by atoms with van der Waals surface area (Å²) >= 11 is 0. The predicted molar refractivity (Wildman–Crippen MR) is 141 cm³/mol. The van der Waals surface area contributed by atoms with Crippen molar-refractivity contribution < 1.29 is 27.5 Å². The number of carbonyl (C=O) groups is 2. The molecule has 1 atom stereocenters. The topological polar surface area (TPSA) is 105 Å². The van der Waals surface area contributed by atoms with Crippen LogP contribution in [0.1, 0.15) is 37.8 Å². The maximum absolute atomic E-state index is 13.7. The Morgan fingerprint density at radius 2 is 1.69 bits per heavy atom. The number of nitrogens with one attached hydrogen (secondary N) is 1. The van der Waals surface area contributed by atoms with Crippen LogP contribution in [0.4, 0.5) is 5.69 Å². The summed E-state index contributed by atoms with van der Waals surface area (Å²) in [6.07, 6.45) is 2.16. The summed E-state index contributed by atoms with van der Waals surface area (Å²) in [5.74, 6) is -0.0504. The zero-order valence-corrected chi connectivity index (χ0v) is 22.7. The van der Waals surface area contributed by atoms with E-state index in [2.05, 4.69) is 5.32 Å². The summed E-state index contributed by atoms with van der Waals surface area (Å²) in [6, 6.07) is 11.6. The monoisotopic (exact) mass is 519 g/mol. The number of anilines is 1. The maximum atomic E-state index is 13.7. The zero-order chi connectivity index (χ0) is 26.9. The largest absolute Gasteiger partial charge is 0.497 e. The molecule has 0 saturated carbocycles. The minimum Gasteiger partial charge on any atom is -0.497 e. The number of hydrogen-bond acceptors (Lipinski definition) is 6. The first-order valence-corrected chi connectivity index (χ1v) is 13.7. The Hall–Kier alpha value is -3.27. The molecule has 2 amide bonds. The first-order chi connectivity index (χ1) is 17.0. The molecule has 0 bridgehead atoms. The lowest BCUT2D eigenvalue weighted by molar-refractivity contribution is -0.140. The number of rotatable bonds is 13. The number of hydrogen-bond donors (Lipinski definition) is 1. The SMILES string of the molecule is CCCNC(=O)[C@@H](CC)N(Cc1ccc(C)cc1)C(=O)CN(c1ccc(OC)cc1OC)S(C)(=O)=O. The fourth-order valence-electron chi connectivity index (χ4n) is 3.76. The van der Waals surface area contributed by atoms with E-state index in [4.69, 9.17) is 9.47 Å². The van der Waals surface area contributed by atoms with Gasteiger partial charge < -0.3 is 19.7 Å². The highest BCUT2D eigenvalue weighted by Crippen LogP contribution is 2.33. The van der Waals surface area contributed by atoms with Crippen molar-refractivity contribution in [1.29, 1.82) is 0 Å². The average molecular weight is 520 g/mol. The van der Waals surface area contributed by atoms with Crippen LogP contribution in [0.3, 0.4) is 0 Å². The van der Waals surface area contributed by atoms with Crippen molar-refractivity contribution in [3.63, 3.8) is 0 Å². The average Bonchev–Trinajstić information content (AvgIpc) is 2.85. The number of benzene rings is 2. The molecule has 0 aliphatic heterocycles. The van der Waals surface area contributed by atoms with Crippen LogP contribution >= 0.6 is 0 Å². The van der Waals surface area contributed by atoms with Crippen LogP contribution in [0.2, 0.25) is 0 Å². The molecule has 2 aromatic carbocycles. The molecule has 0 aliphatic rings. The second-order valence-electron chi connectivity index (χ2n) is 8.53. The van der Waals surface area contributed by atoms with Crippen LogP contribution in [0.25, 0.3) is 0 Å². The van der Waals surface area contributed by atoms with Gasteiger partial charge in [0.15, 0.2) is 0 Å². The maximum Gasteiger partial charge on any atom is 0.244 e. The van der Waals surface area contributed by atoms with Gasteiger partial charge >= 0.3 is 0 Å². The highest BCUT2D eigenvalue weighted by molar-refractivity contribution is 7.92. The van der Waals surface area contributed by atoms with Crippen LogP contribution in [-0.2, 0) is 26.2 Å². The van der Waals surface area contributed by atoms with E-state index in [9.17, 15) is 18.0 Å². The Labute approximate surface area is 214 Å². The van der Waals surface area contributed by atoms with Crippen LogP contribution in [0.15, 0.2) is 42.5 Å². The third-order valence-electron chi connectivity index (χ3n) is 5.74. The summed E-state index contributed by atoms with van der Waals surface area (Å²) in [6.45, 7) is 5.89. The molecule has 0 heterocycles. The number of nitrogens with zero attached hydrogens (tertiary/aromatic N) is 2. The normalized spacial score (nSPS) is 11.9. The summed E-state index contributed by atoms with van der Waals surface area (Å²) in [4.78, 5) is 28.1. The summed E-state index contributed by atoms with van der Waals surface area (Å²) in [5.41, 5.74) is 2.11. The quantitative estimate of drug-likeness (QED) is 0.436. The van der Waals surface area contributed by atoms with E-state index in [-0.39, 0.29) is 23.9 Å². The number of amides is 2. The van der Waals surface area contributed by atoms with Gasteiger partial charge in [0.25, 0.3) is 0 Å². The van der Waals surface area contributed by atoms with E-state index in [1.807, 2.05) is 45.0 Å². The number of carbonyl (C=O) groups excluding carboxylic acids is 2. The first-order valence-electron chi connectivity index (χ1n) is 11.9. The van der Waals surface area contributed by atoms with Gasteiger partial charge in [-0.05, 0) is 37.5 Å². The highest BCUT2D eigenvalue weighted by Gasteiger charge is 2.32. The summed E-state index contributed by atoms with van der Waals surface area (Å²) in [7, 11) is -0.978. The van der Waals surface area contributed by atoms with Crippen molar-refractivity contribution in [2.24, 2.45) is 0 Å². The predicted octanol–water partition coefficient (Wildman–Crippen LogP) is 3.11. The van der Waals surface area contributed by atoms with Gasteiger partial charge in [0.1, 0.15) is 24.1 Å². The summed E-state index contributed by atoms with van der Waals surface area (Å²) in [5, 5.41) is 2.86. The van der Waals surface area contributed by atoms with E-state index < -0.39 is 28.5 Å². The first kappa shape index (κ1) is 29.0. The number of ether oxygens (including phenoxy) is 2. The smallest absolute Gasteiger partial charge is 0.244 e.